The first-order valence-electron chi connectivity index (χ1n) is 8.17. The van der Waals surface area contributed by atoms with Gasteiger partial charge in [-0.25, -0.2) is 12.7 Å². The highest BCUT2D eigenvalue weighted by molar-refractivity contribution is 7.93. The van der Waals surface area contributed by atoms with Crippen LogP contribution in [0.2, 0.25) is 0 Å². The lowest BCUT2D eigenvalue weighted by molar-refractivity contribution is 0.597. The second-order valence-electron chi connectivity index (χ2n) is 5.77. The summed E-state index contributed by atoms with van der Waals surface area (Å²) in [5, 5.41) is 0.787. The van der Waals surface area contributed by atoms with E-state index in [1.807, 2.05) is 48.5 Å². The normalized spacial score (nSPS) is 11.4. The van der Waals surface area contributed by atoms with Crippen molar-refractivity contribution in [3.63, 3.8) is 0 Å². The molecule has 4 nitrogen and oxygen atoms in total. The zero-order valence-corrected chi connectivity index (χ0v) is 14.7. The van der Waals surface area contributed by atoms with Crippen LogP contribution in [0.15, 0.2) is 102 Å². The Labute approximate surface area is 152 Å². The SMILES string of the molecule is O=S(=O)(c1cccc2cccnc12)N(c1ccccc1)c1ccccc1. The third-order valence-electron chi connectivity index (χ3n) is 4.10. The van der Waals surface area contributed by atoms with E-state index in [9.17, 15) is 8.42 Å². The Kier molecular flexibility index (Phi) is 4.14. The number of benzene rings is 3. The van der Waals surface area contributed by atoms with E-state index in [2.05, 4.69) is 4.98 Å². The lowest BCUT2D eigenvalue weighted by Crippen LogP contribution is -2.26. The molecule has 0 aliphatic rings. The van der Waals surface area contributed by atoms with Crippen molar-refractivity contribution in [3.8, 4) is 0 Å². The predicted molar refractivity (Wildman–Crippen MR) is 104 cm³/mol. The van der Waals surface area contributed by atoms with Crippen LogP contribution in [0.1, 0.15) is 0 Å². The molecule has 0 unspecified atom stereocenters. The fourth-order valence-electron chi connectivity index (χ4n) is 2.94. The minimum Gasteiger partial charge on any atom is -0.255 e. The van der Waals surface area contributed by atoms with Gasteiger partial charge in [-0.15, -0.1) is 0 Å². The second-order valence-corrected chi connectivity index (χ2v) is 7.53. The van der Waals surface area contributed by atoms with E-state index >= 15 is 0 Å². The molecule has 0 radical (unpaired) electrons. The number of para-hydroxylation sites is 3. The average Bonchev–Trinajstić information content (AvgIpc) is 2.69. The zero-order chi connectivity index (χ0) is 18.0. The van der Waals surface area contributed by atoms with Crippen LogP contribution in [-0.2, 0) is 10.0 Å². The van der Waals surface area contributed by atoms with E-state index in [-0.39, 0.29) is 4.90 Å². The Hall–Kier alpha value is -3.18. The monoisotopic (exact) mass is 360 g/mol. The lowest BCUT2D eigenvalue weighted by atomic mass is 10.2. The van der Waals surface area contributed by atoms with Gasteiger partial charge in [-0.1, -0.05) is 54.6 Å². The molecule has 0 N–H and O–H groups in total. The zero-order valence-electron chi connectivity index (χ0n) is 13.9. The van der Waals surface area contributed by atoms with Crippen molar-refractivity contribution in [1.82, 2.24) is 4.98 Å². The quantitative estimate of drug-likeness (QED) is 0.527. The largest absolute Gasteiger partial charge is 0.270 e. The van der Waals surface area contributed by atoms with Crippen LogP contribution in [0.4, 0.5) is 11.4 Å². The van der Waals surface area contributed by atoms with Crippen molar-refractivity contribution < 1.29 is 8.42 Å². The van der Waals surface area contributed by atoms with Crippen molar-refractivity contribution in [2.24, 2.45) is 0 Å². The summed E-state index contributed by atoms with van der Waals surface area (Å²) < 4.78 is 28.6. The van der Waals surface area contributed by atoms with Crippen LogP contribution in [-0.4, -0.2) is 13.4 Å². The number of nitrogens with zero attached hydrogens (tertiary/aromatic N) is 2. The summed E-state index contributed by atoms with van der Waals surface area (Å²) in [7, 11) is -3.86. The summed E-state index contributed by atoms with van der Waals surface area (Å²) in [6.07, 6.45) is 1.61. The fraction of sp³-hybridized carbons (Fsp3) is 0. The molecule has 3 aromatic carbocycles. The van der Waals surface area contributed by atoms with Crippen molar-refractivity contribution >= 4 is 32.3 Å². The van der Waals surface area contributed by atoms with Gasteiger partial charge in [0.25, 0.3) is 10.0 Å². The number of sulfonamides is 1. The minimum absolute atomic E-state index is 0.184. The number of hydrogen-bond donors (Lipinski definition) is 0. The minimum atomic E-state index is -3.86. The van der Waals surface area contributed by atoms with Crippen LogP contribution in [0, 0.1) is 0 Å². The molecule has 0 saturated carbocycles. The Morgan fingerprint density at radius 3 is 1.85 bits per heavy atom. The molecule has 5 heteroatoms. The van der Waals surface area contributed by atoms with Gasteiger partial charge in [0.1, 0.15) is 4.90 Å². The summed E-state index contributed by atoms with van der Waals surface area (Å²) in [4.78, 5) is 4.49. The van der Waals surface area contributed by atoms with Crippen molar-refractivity contribution in [2.45, 2.75) is 4.90 Å². The van der Waals surface area contributed by atoms with Gasteiger partial charge in [0.05, 0.1) is 16.9 Å². The van der Waals surface area contributed by atoms with Gasteiger partial charge >= 0.3 is 0 Å². The molecule has 0 saturated heterocycles. The molecule has 1 aromatic heterocycles. The molecule has 0 aliphatic heterocycles. The molecule has 0 amide bonds. The average molecular weight is 360 g/mol. The molecule has 0 aliphatic carbocycles. The van der Waals surface area contributed by atoms with Crippen molar-refractivity contribution in [2.75, 3.05) is 4.31 Å². The number of fused-ring (bicyclic) bond motifs is 1. The highest BCUT2D eigenvalue weighted by Crippen LogP contribution is 2.34. The van der Waals surface area contributed by atoms with Crippen LogP contribution >= 0.6 is 0 Å². The summed E-state index contributed by atoms with van der Waals surface area (Å²) in [6.45, 7) is 0. The first kappa shape index (κ1) is 16.3. The highest BCUT2D eigenvalue weighted by Gasteiger charge is 2.28. The molecule has 1 heterocycles. The van der Waals surface area contributed by atoms with E-state index in [0.717, 1.165) is 5.39 Å². The molecular weight excluding hydrogens is 344 g/mol. The summed E-state index contributed by atoms with van der Waals surface area (Å²) >= 11 is 0. The molecule has 0 atom stereocenters. The molecule has 4 aromatic rings. The van der Waals surface area contributed by atoms with Crippen LogP contribution < -0.4 is 4.31 Å². The molecule has 0 spiro atoms. The van der Waals surface area contributed by atoms with Gasteiger partial charge in [0.2, 0.25) is 0 Å². The molecule has 128 valence electrons. The molecule has 26 heavy (non-hydrogen) atoms. The molecular formula is C21H16N2O2S. The molecule has 0 fully saturated rings. The summed E-state index contributed by atoms with van der Waals surface area (Å²) in [5.74, 6) is 0. The number of hydrogen-bond acceptors (Lipinski definition) is 3. The highest BCUT2D eigenvalue weighted by atomic mass is 32.2. The van der Waals surface area contributed by atoms with Crippen molar-refractivity contribution in [3.05, 3.63) is 97.2 Å². The van der Waals surface area contributed by atoms with Gasteiger partial charge in [0, 0.05) is 11.6 Å². The third-order valence-corrected chi connectivity index (χ3v) is 5.88. The predicted octanol–water partition coefficient (Wildman–Crippen LogP) is 4.76. The van der Waals surface area contributed by atoms with Gasteiger partial charge in [0.15, 0.2) is 0 Å². The lowest BCUT2D eigenvalue weighted by Gasteiger charge is -2.25. The second kappa shape index (κ2) is 6.61. The van der Waals surface area contributed by atoms with Crippen LogP contribution in [0.25, 0.3) is 10.9 Å². The number of aromatic nitrogens is 1. The third kappa shape index (κ3) is 2.82. The summed E-state index contributed by atoms with van der Waals surface area (Å²) in [6, 6.07) is 27.0. The van der Waals surface area contributed by atoms with Gasteiger partial charge in [-0.2, -0.15) is 0 Å². The van der Waals surface area contributed by atoms with Gasteiger partial charge in [-0.3, -0.25) is 4.98 Å². The van der Waals surface area contributed by atoms with E-state index in [1.165, 1.54) is 4.31 Å². The van der Waals surface area contributed by atoms with Gasteiger partial charge in [-0.05, 0) is 36.4 Å². The van der Waals surface area contributed by atoms with E-state index < -0.39 is 10.0 Å². The number of pyridine rings is 1. The van der Waals surface area contributed by atoms with Crippen LogP contribution in [0.3, 0.4) is 0 Å². The maximum Gasteiger partial charge on any atom is 0.270 e. The Balaban J connectivity index is 1.98. The first-order chi connectivity index (χ1) is 12.7. The van der Waals surface area contributed by atoms with E-state index in [1.54, 1.807) is 48.7 Å². The standard InChI is InChI=1S/C21H16N2O2S/c24-26(25,20-15-7-9-17-10-8-16-22-21(17)20)23(18-11-3-1-4-12-18)19-13-5-2-6-14-19/h1-16H. The Morgan fingerprint density at radius 2 is 1.23 bits per heavy atom. The first-order valence-corrected chi connectivity index (χ1v) is 9.61. The van der Waals surface area contributed by atoms with Crippen molar-refractivity contribution in [1.29, 1.82) is 0 Å². The maximum absolute atomic E-state index is 13.6. The smallest absolute Gasteiger partial charge is 0.255 e. The Morgan fingerprint density at radius 1 is 0.654 bits per heavy atom. The Bertz CT molecular complexity index is 1100. The van der Waals surface area contributed by atoms with Crippen LogP contribution in [0.5, 0.6) is 0 Å². The molecule has 0 bridgehead atoms. The van der Waals surface area contributed by atoms with Gasteiger partial charge < -0.3 is 0 Å². The number of rotatable bonds is 4. The summed E-state index contributed by atoms with van der Waals surface area (Å²) in [5.41, 5.74) is 1.62. The van der Waals surface area contributed by atoms with E-state index in [4.69, 9.17) is 0 Å². The number of anilines is 2. The van der Waals surface area contributed by atoms with E-state index in [0.29, 0.717) is 16.9 Å². The topological polar surface area (TPSA) is 50.3 Å². The fourth-order valence-corrected chi connectivity index (χ4v) is 4.60. The molecule has 4 rings (SSSR count). The maximum atomic E-state index is 13.6.